The van der Waals surface area contributed by atoms with Gasteiger partial charge in [0.2, 0.25) is 5.91 Å². The quantitative estimate of drug-likeness (QED) is 0.760. The fourth-order valence-electron chi connectivity index (χ4n) is 1.28. The number of hydrogen-bond acceptors (Lipinski definition) is 4. The van der Waals surface area contributed by atoms with Crippen molar-refractivity contribution in [1.82, 2.24) is 5.32 Å². The smallest absolute Gasteiger partial charge is 0.261 e. The van der Waals surface area contributed by atoms with E-state index in [1.807, 2.05) is 6.92 Å². The van der Waals surface area contributed by atoms with Gasteiger partial charge in [-0.3, -0.25) is 9.59 Å². The number of hydrogen-bond donors (Lipinski definition) is 3. The first-order valence-electron chi connectivity index (χ1n) is 5.71. The van der Waals surface area contributed by atoms with Gasteiger partial charge in [-0.05, 0) is 25.5 Å². The highest BCUT2D eigenvalue weighted by atomic mass is 32.1. The number of nitrogens with one attached hydrogen (secondary N) is 2. The molecule has 2 amide bonds. The van der Waals surface area contributed by atoms with Gasteiger partial charge in [-0.25, -0.2) is 0 Å². The molecule has 1 aromatic heterocycles. The molecule has 1 heterocycles. The van der Waals surface area contributed by atoms with Crippen molar-refractivity contribution < 1.29 is 14.7 Å². The fraction of sp³-hybridized carbons (Fsp3) is 0.500. The highest BCUT2D eigenvalue weighted by Crippen LogP contribution is 2.22. The van der Waals surface area contributed by atoms with Gasteiger partial charge in [-0.1, -0.05) is 6.92 Å². The molecule has 0 aliphatic carbocycles. The minimum absolute atomic E-state index is 0.112. The Morgan fingerprint density at radius 2 is 2.11 bits per heavy atom. The molecule has 0 aromatic carbocycles. The lowest BCUT2D eigenvalue weighted by Crippen LogP contribution is -2.48. The molecule has 1 aromatic rings. The van der Waals surface area contributed by atoms with Crippen molar-refractivity contribution in [3.63, 3.8) is 0 Å². The predicted molar refractivity (Wildman–Crippen MR) is 71.9 cm³/mol. The summed E-state index contributed by atoms with van der Waals surface area (Å²) in [5.74, 6) is -0.410. The van der Waals surface area contributed by atoms with Gasteiger partial charge in [0.05, 0.1) is 22.0 Å². The Kier molecular flexibility index (Phi) is 4.86. The normalized spacial score (nSPS) is 13.8. The van der Waals surface area contributed by atoms with Crippen LogP contribution in [0.25, 0.3) is 0 Å². The third-order valence-electron chi connectivity index (χ3n) is 2.67. The first kappa shape index (κ1) is 14.7. The lowest BCUT2D eigenvalue weighted by molar-refractivity contribution is -0.114. The van der Waals surface area contributed by atoms with Crippen LogP contribution in [0.1, 0.15) is 36.9 Å². The van der Waals surface area contributed by atoms with Crippen molar-refractivity contribution in [1.29, 1.82) is 0 Å². The van der Waals surface area contributed by atoms with Crippen molar-refractivity contribution in [2.75, 3.05) is 11.9 Å². The summed E-state index contributed by atoms with van der Waals surface area (Å²) in [6, 6.07) is 3.34. The Labute approximate surface area is 110 Å². The van der Waals surface area contributed by atoms with Gasteiger partial charge in [0.15, 0.2) is 0 Å². The molecule has 6 heteroatoms. The summed E-state index contributed by atoms with van der Waals surface area (Å²) in [6.45, 7) is 4.99. The third-order valence-corrected chi connectivity index (χ3v) is 3.67. The molecular weight excluding hydrogens is 252 g/mol. The van der Waals surface area contributed by atoms with Crippen LogP contribution in [-0.2, 0) is 4.79 Å². The van der Waals surface area contributed by atoms with Crippen molar-refractivity contribution in [3.05, 3.63) is 17.0 Å². The van der Waals surface area contributed by atoms with Crippen LogP contribution in [0.2, 0.25) is 0 Å². The average molecular weight is 270 g/mol. The molecule has 1 rings (SSSR count). The molecule has 18 heavy (non-hydrogen) atoms. The van der Waals surface area contributed by atoms with Crippen LogP contribution in [0.3, 0.4) is 0 Å². The zero-order valence-corrected chi connectivity index (χ0v) is 11.6. The Bertz CT molecular complexity index is 438. The second-order valence-corrected chi connectivity index (χ2v) is 5.46. The van der Waals surface area contributed by atoms with Crippen LogP contribution in [0.15, 0.2) is 12.1 Å². The molecule has 0 aliphatic rings. The molecule has 0 saturated heterocycles. The zero-order valence-electron chi connectivity index (χ0n) is 10.7. The summed E-state index contributed by atoms with van der Waals surface area (Å²) in [5, 5.41) is 15.3. The van der Waals surface area contributed by atoms with Crippen molar-refractivity contribution in [3.8, 4) is 0 Å². The molecular formula is C12H18N2O3S. The molecule has 0 saturated carbocycles. The van der Waals surface area contributed by atoms with Crippen molar-refractivity contribution in [2.45, 2.75) is 32.7 Å². The third kappa shape index (κ3) is 3.82. The van der Waals surface area contributed by atoms with Gasteiger partial charge in [0.25, 0.3) is 5.91 Å². The minimum atomic E-state index is -0.616. The number of thiophene rings is 1. The molecule has 100 valence electrons. The van der Waals surface area contributed by atoms with Gasteiger partial charge in [0.1, 0.15) is 0 Å². The SMILES string of the molecule is CCC(C)(CO)NC(=O)c1ccc(NC(C)=O)s1. The molecule has 1 atom stereocenters. The van der Waals surface area contributed by atoms with E-state index in [-0.39, 0.29) is 18.4 Å². The second kappa shape index (κ2) is 5.97. The molecule has 0 bridgehead atoms. The van der Waals surface area contributed by atoms with Crippen LogP contribution < -0.4 is 10.6 Å². The van der Waals surface area contributed by atoms with E-state index in [4.69, 9.17) is 0 Å². The fourth-order valence-corrected chi connectivity index (χ4v) is 2.12. The molecule has 0 radical (unpaired) electrons. The van der Waals surface area contributed by atoms with Crippen LogP contribution in [-0.4, -0.2) is 29.1 Å². The Morgan fingerprint density at radius 3 is 2.61 bits per heavy atom. The lowest BCUT2D eigenvalue weighted by atomic mass is 10.0. The maximum atomic E-state index is 12.0. The summed E-state index contributed by atoms with van der Waals surface area (Å²) >= 11 is 1.21. The van der Waals surface area contributed by atoms with Crippen LogP contribution in [0.4, 0.5) is 5.00 Å². The summed E-state index contributed by atoms with van der Waals surface area (Å²) in [5.41, 5.74) is -0.616. The molecule has 0 aliphatic heterocycles. The number of rotatable bonds is 5. The van der Waals surface area contributed by atoms with E-state index in [1.54, 1.807) is 19.1 Å². The average Bonchev–Trinajstić information content (AvgIpc) is 2.76. The van der Waals surface area contributed by atoms with Crippen molar-refractivity contribution >= 4 is 28.2 Å². The van der Waals surface area contributed by atoms with Gasteiger partial charge in [0, 0.05) is 6.92 Å². The van der Waals surface area contributed by atoms with E-state index in [9.17, 15) is 14.7 Å². The summed E-state index contributed by atoms with van der Waals surface area (Å²) in [7, 11) is 0. The molecule has 0 spiro atoms. The van der Waals surface area contributed by atoms with E-state index in [1.165, 1.54) is 18.3 Å². The van der Waals surface area contributed by atoms with Gasteiger partial charge in [-0.2, -0.15) is 0 Å². The van der Waals surface area contributed by atoms with E-state index < -0.39 is 5.54 Å². The second-order valence-electron chi connectivity index (χ2n) is 4.37. The molecule has 3 N–H and O–H groups in total. The topological polar surface area (TPSA) is 78.4 Å². The first-order valence-corrected chi connectivity index (χ1v) is 6.52. The molecule has 1 unspecified atom stereocenters. The van der Waals surface area contributed by atoms with Crippen LogP contribution in [0, 0.1) is 0 Å². The van der Waals surface area contributed by atoms with Crippen LogP contribution in [0.5, 0.6) is 0 Å². The van der Waals surface area contributed by atoms with Gasteiger partial charge >= 0.3 is 0 Å². The number of aliphatic hydroxyl groups excluding tert-OH is 1. The highest BCUT2D eigenvalue weighted by Gasteiger charge is 2.24. The van der Waals surface area contributed by atoms with E-state index in [0.29, 0.717) is 16.3 Å². The largest absolute Gasteiger partial charge is 0.394 e. The first-order chi connectivity index (χ1) is 8.40. The summed E-state index contributed by atoms with van der Waals surface area (Å²) in [4.78, 5) is 23.3. The van der Waals surface area contributed by atoms with Crippen LogP contribution >= 0.6 is 11.3 Å². The maximum absolute atomic E-state index is 12.0. The predicted octanol–water partition coefficient (Wildman–Crippen LogP) is 1.60. The monoisotopic (exact) mass is 270 g/mol. The van der Waals surface area contributed by atoms with E-state index in [0.717, 1.165) is 0 Å². The zero-order chi connectivity index (χ0) is 13.8. The van der Waals surface area contributed by atoms with Gasteiger partial charge in [-0.15, -0.1) is 11.3 Å². The number of aliphatic hydroxyl groups is 1. The van der Waals surface area contributed by atoms with E-state index >= 15 is 0 Å². The maximum Gasteiger partial charge on any atom is 0.261 e. The summed E-state index contributed by atoms with van der Waals surface area (Å²) in [6.07, 6.45) is 0.638. The van der Waals surface area contributed by atoms with Crippen molar-refractivity contribution in [2.24, 2.45) is 0 Å². The Balaban J connectivity index is 2.73. The van der Waals surface area contributed by atoms with Gasteiger partial charge < -0.3 is 15.7 Å². The molecule has 0 fully saturated rings. The summed E-state index contributed by atoms with van der Waals surface area (Å²) < 4.78 is 0. The Hall–Kier alpha value is -1.40. The number of carbonyl (C=O) groups excluding carboxylic acids is 2. The molecule has 5 nitrogen and oxygen atoms in total. The number of carbonyl (C=O) groups is 2. The number of anilines is 1. The van der Waals surface area contributed by atoms with E-state index in [2.05, 4.69) is 10.6 Å². The lowest BCUT2D eigenvalue weighted by Gasteiger charge is -2.26. The number of amides is 2. The highest BCUT2D eigenvalue weighted by molar-refractivity contribution is 7.18. The standard InChI is InChI=1S/C12H18N2O3S/c1-4-12(3,7-15)14-11(17)9-5-6-10(18-9)13-8(2)16/h5-6,15H,4,7H2,1-3H3,(H,13,16)(H,14,17). The minimum Gasteiger partial charge on any atom is -0.394 e. The Morgan fingerprint density at radius 1 is 1.44 bits per heavy atom.